The second-order valence-corrected chi connectivity index (χ2v) is 9.53. The molecular formula is C20H21N9O12P+. The molecule has 42 heavy (non-hydrogen) atoms. The van der Waals surface area contributed by atoms with Crippen LogP contribution in [0.1, 0.15) is 20.1 Å². The van der Waals surface area contributed by atoms with Crippen LogP contribution in [0.15, 0.2) is 24.3 Å². The summed E-state index contributed by atoms with van der Waals surface area (Å²) in [7, 11) is -4.60. The van der Waals surface area contributed by atoms with Gasteiger partial charge in [-0.05, 0) is 13.8 Å². The summed E-state index contributed by atoms with van der Waals surface area (Å²) in [6, 6.07) is 0. The number of fused-ring (bicyclic) bond motifs is 2. The number of phosphoric acid groups is 1. The van der Waals surface area contributed by atoms with Gasteiger partial charge in [-0.2, -0.15) is 4.79 Å². The Labute approximate surface area is 233 Å². The molecule has 0 radical (unpaired) electrons. The number of esters is 2. The Balaban J connectivity index is 1.70. The maximum atomic E-state index is 12.8. The van der Waals surface area contributed by atoms with Gasteiger partial charge in [-0.3, -0.25) is 23.7 Å². The minimum atomic E-state index is -4.60. The molecule has 0 saturated carbocycles. The van der Waals surface area contributed by atoms with Gasteiger partial charge in [0.15, 0.2) is 34.3 Å². The lowest BCUT2D eigenvalue weighted by molar-refractivity contribution is -0.158. The summed E-state index contributed by atoms with van der Waals surface area (Å²) in [5, 5.41) is 21.2. The Bertz CT molecular complexity index is 1600. The average molecular weight is 610 g/mol. The van der Waals surface area contributed by atoms with Crippen LogP contribution in [0.5, 0.6) is 0 Å². The second-order valence-electron chi connectivity index (χ2n) is 8.13. The summed E-state index contributed by atoms with van der Waals surface area (Å²) in [4.78, 5) is 64.7. The molecule has 2 saturated heterocycles. The van der Waals surface area contributed by atoms with Gasteiger partial charge in [-0.1, -0.05) is 0 Å². The van der Waals surface area contributed by atoms with Crippen LogP contribution in [0.3, 0.4) is 0 Å². The molecule has 21 nitrogen and oxygen atoms in total. The van der Waals surface area contributed by atoms with Crippen LogP contribution in [-0.2, 0) is 46.9 Å². The predicted molar refractivity (Wildman–Crippen MR) is 130 cm³/mol. The summed E-state index contributed by atoms with van der Waals surface area (Å²) in [6.07, 6.45) is -3.37. The molecule has 3 N–H and O–H groups in total. The third kappa shape index (κ3) is 5.94. The predicted octanol–water partition coefficient (Wildman–Crippen LogP) is -0.0596. The number of ether oxygens (including phenoxy) is 4. The fourth-order valence-corrected chi connectivity index (χ4v) is 4.86. The largest absolute Gasteiger partial charge is 0.527 e. The van der Waals surface area contributed by atoms with Crippen LogP contribution in [0.25, 0.3) is 21.7 Å². The molecule has 5 atom stereocenters. The Morgan fingerprint density at radius 1 is 1.24 bits per heavy atom. The summed E-state index contributed by atoms with van der Waals surface area (Å²) < 4.78 is 43.9. The average Bonchev–Trinajstić information content (AvgIpc) is 3.51. The zero-order valence-corrected chi connectivity index (χ0v) is 22.5. The zero-order valence-electron chi connectivity index (χ0n) is 21.6. The number of rotatable bonds is 9. The van der Waals surface area contributed by atoms with Crippen molar-refractivity contribution in [3.8, 4) is 0 Å². The lowest BCUT2D eigenvalue weighted by atomic mass is 10.1. The number of aliphatic hydroxyl groups excluding tert-OH is 1. The van der Waals surface area contributed by atoms with Crippen molar-refractivity contribution >= 4 is 48.4 Å². The summed E-state index contributed by atoms with van der Waals surface area (Å²) in [6.45, 7) is 2.29. The quantitative estimate of drug-likeness (QED) is 0.0385. The van der Waals surface area contributed by atoms with E-state index < -0.39 is 74.2 Å². The van der Waals surface area contributed by atoms with E-state index in [1.807, 2.05) is 0 Å². The van der Waals surface area contributed by atoms with Gasteiger partial charge in [0, 0.05) is 0 Å². The number of hydrogen-bond acceptors (Lipinski definition) is 15. The van der Waals surface area contributed by atoms with E-state index in [2.05, 4.69) is 34.8 Å². The fraction of sp³-hybridized carbons (Fsp3) is 0.450. The van der Waals surface area contributed by atoms with Crippen LogP contribution in [0.4, 0.5) is 5.82 Å². The lowest BCUT2D eigenvalue weighted by Gasteiger charge is -2.29. The van der Waals surface area contributed by atoms with Gasteiger partial charge in [0.25, 0.3) is 0 Å². The fourth-order valence-electron chi connectivity index (χ4n) is 3.90. The number of carbonyl (C=O) groups excluding carboxylic acids is 3. The molecule has 2 aliphatic heterocycles. The van der Waals surface area contributed by atoms with Crippen LogP contribution >= 0.6 is 7.82 Å². The van der Waals surface area contributed by atoms with E-state index in [1.165, 1.54) is 18.4 Å². The number of aliphatic hydroxyl groups is 1. The third-order valence-corrected chi connectivity index (χ3v) is 6.60. The molecule has 2 aromatic rings. The number of phosphoric ester groups is 1. The SMILES string of the molecule is CCOC(=O)C(=[N+]=[N-])C(=O)O[C@@H]1C2OP(=O)(O)OC[C@H]2O[C@H]1n1cnc2c(NC(=O)/C([N+]#N)=C(\O)OCC)ncnc21. The number of carbonyl (C=O) groups is 3. The van der Waals surface area contributed by atoms with Gasteiger partial charge in [0.1, 0.15) is 18.5 Å². The molecule has 0 aromatic carbocycles. The van der Waals surface area contributed by atoms with Crippen LogP contribution in [0.2, 0.25) is 0 Å². The molecule has 22 heteroatoms. The maximum Gasteiger partial charge on any atom is 0.527 e. The van der Waals surface area contributed by atoms with E-state index in [4.69, 9.17) is 28.7 Å². The molecule has 2 fully saturated rings. The van der Waals surface area contributed by atoms with Crippen molar-refractivity contribution in [1.82, 2.24) is 19.5 Å². The molecule has 2 unspecified atom stereocenters. The standard InChI is InChI=1S/C20H20N9O12P/c1-3-36-18(31)10(27-21)16(30)26-14-9-15(24-6-23-14)29(7-25-9)17-13(12-8(39-17)5-38-42(34,35)41-12)40-20(33)11(28-22)19(32)37-4-2/h6-8,12-13,17H,3-5H2,1-2H3,(H2-,23,24,26,30,31,34,35)/p+1/t8-,12?,13-,17-/m1/s1. The van der Waals surface area contributed by atoms with Gasteiger partial charge < -0.3 is 34.5 Å². The van der Waals surface area contributed by atoms with Gasteiger partial charge in [-0.25, -0.2) is 29.1 Å². The molecular weight excluding hydrogens is 589 g/mol. The molecule has 222 valence electrons. The first-order chi connectivity index (χ1) is 20.0. The number of hydrogen-bond donors (Lipinski definition) is 3. The second kappa shape index (κ2) is 12.4. The molecule has 0 spiro atoms. The van der Waals surface area contributed by atoms with Crippen molar-refractivity contribution in [2.24, 2.45) is 0 Å². The van der Waals surface area contributed by atoms with E-state index in [0.717, 1.165) is 12.7 Å². The Hall–Kier alpha value is -4.83. The van der Waals surface area contributed by atoms with Crippen molar-refractivity contribution in [2.75, 3.05) is 25.1 Å². The molecule has 2 aromatic heterocycles. The minimum Gasteiger partial charge on any atom is -0.475 e. The van der Waals surface area contributed by atoms with Crippen LogP contribution in [-0.4, -0.2) is 96.0 Å². The Morgan fingerprint density at radius 3 is 2.64 bits per heavy atom. The highest BCUT2D eigenvalue weighted by molar-refractivity contribution is 7.47. The smallest absolute Gasteiger partial charge is 0.475 e. The first-order valence-electron chi connectivity index (χ1n) is 11.9. The molecule has 1 amide bonds. The monoisotopic (exact) mass is 610 g/mol. The van der Waals surface area contributed by atoms with E-state index in [9.17, 15) is 34.5 Å². The Kier molecular flexibility index (Phi) is 8.87. The number of diazo groups is 1. The highest BCUT2D eigenvalue weighted by Gasteiger charge is 2.56. The first kappa shape index (κ1) is 30.1. The zero-order chi connectivity index (χ0) is 30.6. The number of imidazole rings is 1. The van der Waals surface area contributed by atoms with Crippen molar-refractivity contribution < 1.29 is 61.7 Å². The highest BCUT2D eigenvalue weighted by Crippen LogP contribution is 2.53. The van der Waals surface area contributed by atoms with Crippen molar-refractivity contribution in [3.63, 3.8) is 0 Å². The van der Waals surface area contributed by atoms with E-state index in [1.54, 1.807) is 0 Å². The topological polar surface area (TPSA) is 284 Å². The molecule has 4 heterocycles. The van der Waals surface area contributed by atoms with Gasteiger partial charge in [-0.15, -0.1) is 0 Å². The summed E-state index contributed by atoms with van der Waals surface area (Å²) in [5.74, 6) is -5.11. The van der Waals surface area contributed by atoms with Crippen LogP contribution in [0, 0.1) is 5.39 Å². The molecule has 4 rings (SSSR count). The van der Waals surface area contributed by atoms with E-state index >= 15 is 0 Å². The maximum absolute atomic E-state index is 12.8. The lowest BCUT2D eigenvalue weighted by Crippen LogP contribution is -2.43. The summed E-state index contributed by atoms with van der Waals surface area (Å²) in [5.41, 5.74) is 7.09. The first-order valence-corrected chi connectivity index (χ1v) is 13.4. The molecule has 0 aliphatic carbocycles. The van der Waals surface area contributed by atoms with Gasteiger partial charge in [0.05, 0.1) is 26.1 Å². The Morgan fingerprint density at radius 2 is 1.98 bits per heavy atom. The van der Waals surface area contributed by atoms with Gasteiger partial charge in [0.2, 0.25) is 5.39 Å². The van der Waals surface area contributed by atoms with Gasteiger partial charge >= 0.3 is 43.0 Å². The number of nitrogens with one attached hydrogen (secondary N) is 1. The van der Waals surface area contributed by atoms with Crippen molar-refractivity contribution in [1.29, 1.82) is 5.39 Å². The van der Waals surface area contributed by atoms with Crippen LogP contribution < -0.4 is 5.32 Å². The molecule has 0 bridgehead atoms. The number of amides is 1. The minimum absolute atomic E-state index is 0.0403. The van der Waals surface area contributed by atoms with Crippen molar-refractivity contribution in [3.05, 3.63) is 34.8 Å². The summed E-state index contributed by atoms with van der Waals surface area (Å²) >= 11 is 0. The van der Waals surface area contributed by atoms with E-state index in [-0.39, 0.29) is 30.2 Å². The van der Waals surface area contributed by atoms with E-state index in [0.29, 0.717) is 0 Å². The third-order valence-electron chi connectivity index (χ3n) is 5.61. The molecule has 2 aliphatic rings. The van der Waals surface area contributed by atoms with Crippen molar-refractivity contribution in [2.45, 2.75) is 38.4 Å². The number of aromatic nitrogens is 4. The highest BCUT2D eigenvalue weighted by atomic mass is 31.2. The number of anilines is 1. The normalized spacial score (nSPS) is 25.3. The number of nitrogens with zero attached hydrogens (tertiary/aromatic N) is 8.